The number of hydrogen-bond donors (Lipinski definition) is 0. The molecule has 14 heteroatoms. The number of esters is 1. The van der Waals surface area contributed by atoms with Crippen molar-refractivity contribution in [2.75, 3.05) is 62.8 Å². The van der Waals surface area contributed by atoms with Crippen molar-refractivity contribution in [1.82, 2.24) is 0 Å². The summed E-state index contributed by atoms with van der Waals surface area (Å²) in [6, 6.07) is 28.4. The molecule has 0 aromatic heterocycles. The van der Waals surface area contributed by atoms with Gasteiger partial charge in [-0.1, -0.05) is 36.4 Å². The quantitative estimate of drug-likeness (QED) is 0.0771. The van der Waals surface area contributed by atoms with Crippen LogP contribution in [-0.4, -0.2) is 90.4 Å². The Bertz CT molecular complexity index is 2500. The number of amides is 2. The van der Waals surface area contributed by atoms with Crippen LogP contribution in [0.15, 0.2) is 101 Å². The molecule has 322 valence electrons. The van der Waals surface area contributed by atoms with E-state index in [9.17, 15) is 14.4 Å². The van der Waals surface area contributed by atoms with Crippen LogP contribution in [0.1, 0.15) is 49.4 Å². The molecule has 0 bridgehead atoms. The van der Waals surface area contributed by atoms with E-state index in [1.807, 2.05) is 91.1 Å². The third-order valence-corrected chi connectivity index (χ3v) is 11.8. The van der Waals surface area contributed by atoms with Crippen molar-refractivity contribution in [2.45, 2.75) is 44.6 Å². The van der Waals surface area contributed by atoms with Gasteiger partial charge in [-0.15, -0.1) is 0 Å². The van der Waals surface area contributed by atoms with Crippen LogP contribution in [0.5, 0.6) is 23.0 Å². The number of hydrogen-bond acceptors (Lipinski definition) is 12. The van der Waals surface area contributed by atoms with Crippen LogP contribution in [0.2, 0.25) is 0 Å². The molecule has 2 atom stereocenters. The number of carbonyl (C=O) groups is 3. The number of rotatable bonds is 15. The maximum Gasteiger partial charge on any atom is 0.307 e. The number of para-hydroxylation sites is 2. The van der Waals surface area contributed by atoms with Crippen LogP contribution in [0.25, 0.3) is 0 Å². The van der Waals surface area contributed by atoms with Crippen molar-refractivity contribution in [1.29, 1.82) is 0 Å². The smallest absolute Gasteiger partial charge is 0.307 e. The van der Waals surface area contributed by atoms with Gasteiger partial charge in [0.25, 0.3) is 11.8 Å². The Morgan fingerprint density at radius 2 is 1.17 bits per heavy atom. The van der Waals surface area contributed by atoms with Gasteiger partial charge in [-0.3, -0.25) is 34.2 Å². The van der Waals surface area contributed by atoms with Gasteiger partial charge in [0, 0.05) is 68.1 Å². The molecule has 0 spiro atoms. The molecule has 0 radical (unpaired) electrons. The number of anilines is 3. The van der Waals surface area contributed by atoms with Crippen LogP contribution in [0.4, 0.5) is 28.4 Å². The Kier molecular flexibility index (Phi) is 11.5. The van der Waals surface area contributed by atoms with Crippen molar-refractivity contribution in [3.8, 4) is 23.0 Å². The molecule has 9 rings (SSSR count). The first kappa shape index (κ1) is 41.2. The number of nitrogens with zero attached hydrogens (tertiary/aromatic N) is 5. The molecule has 0 N–H and O–H groups in total. The zero-order valence-electron chi connectivity index (χ0n) is 35.5. The van der Waals surface area contributed by atoms with Crippen molar-refractivity contribution in [3.05, 3.63) is 124 Å². The average molecular weight is 850 g/mol. The molecule has 5 aromatic rings. The second kappa shape index (κ2) is 17.7. The van der Waals surface area contributed by atoms with Crippen LogP contribution < -0.4 is 33.6 Å². The van der Waals surface area contributed by atoms with Gasteiger partial charge in [-0.25, -0.2) is 0 Å². The molecule has 5 aromatic carbocycles. The highest BCUT2D eigenvalue weighted by Gasteiger charge is 2.38. The summed E-state index contributed by atoms with van der Waals surface area (Å²) < 4.78 is 34.9. The highest BCUT2D eigenvalue weighted by Crippen LogP contribution is 2.43. The molecule has 14 nitrogen and oxygen atoms in total. The second-order valence-corrected chi connectivity index (χ2v) is 15.7. The Balaban J connectivity index is 0.961. The standard InChI is InChI=1S/C49H47N5O9/c1-52(14-16-61-15-13-47(55)60-4)34-18-30(28-62-45-24-39-37(22-43(45)58-2)48(56)53-35(26-50-39)20-32-9-5-7-11-41(32)53)17-31(19-34)29-63-46-25-40-38(23-44(46)59-3)49(57)54-36(27-51-40)21-33-10-6-8-12-42(33)54/h5-12,17-19,22-27,35-36H,13-16,20-21,28-29H2,1-4H3/t35-,36-/m0/s1. The molecule has 4 aliphatic heterocycles. The summed E-state index contributed by atoms with van der Waals surface area (Å²) in [7, 11) is 6.40. The van der Waals surface area contributed by atoms with Gasteiger partial charge in [0.1, 0.15) is 13.2 Å². The van der Waals surface area contributed by atoms with E-state index in [4.69, 9.17) is 38.4 Å². The number of methoxy groups -OCH3 is 3. The molecule has 63 heavy (non-hydrogen) atoms. The van der Waals surface area contributed by atoms with Crippen molar-refractivity contribution < 1.29 is 42.8 Å². The number of benzene rings is 5. The fourth-order valence-corrected chi connectivity index (χ4v) is 8.52. The summed E-state index contributed by atoms with van der Waals surface area (Å²) >= 11 is 0. The lowest BCUT2D eigenvalue weighted by atomic mass is 10.1. The first-order valence-electron chi connectivity index (χ1n) is 20.8. The van der Waals surface area contributed by atoms with Gasteiger partial charge < -0.3 is 33.3 Å². The second-order valence-electron chi connectivity index (χ2n) is 15.7. The number of likely N-dealkylation sites (N-methyl/N-ethyl adjacent to an activating group) is 1. The minimum Gasteiger partial charge on any atom is -0.493 e. The van der Waals surface area contributed by atoms with Crippen LogP contribution in [0.3, 0.4) is 0 Å². The van der Waals surface area contributed by atoms with Gasteiger partial charge in [-0.05, 0) is 64.7 Å². The molecule has 0 unspecified atom stereocenters. The monoisotopic (exact) mass is 849 g/mol. The van der Waals surface area contributed by atoms with E-state index in [2.05, 4.69) is 0 Å². The van der Waals surface area contributed by atoms with Crippen LogP contribution in [-0.2, 0) is 40.3 Å². The highest BCUT2D eigenvalue weighted by atomic mass is 16.5. The molecule has 2 amide bonds. The summed E-state index contributed by atoms with van der Waals surface area (Å²) in [5.41, 5.74) is 8.41. The molecule has 0 fully saturated rings. The van der Waals surface area contributed by atoms with Gasteiger partial charge >= 0.3 is 5.97 Å². The van der Waals surface area contributed by atoms with E-state index in [1.54, 1.807) is 48.3 Å². The molecular formula is C49H47N5O9. The van der Waals surface area contributed by atoms with Crippen molar-refractivity contribution in [2.24, 2.45) is 9.98 Å². The number of ether oxygens (including phenoxy) is 6. The Morgan fingerprint density at radius 3 is 1.67 bits per heavy atom. The lowest BCUT2D eigenvalue weighted by molar-refractivity contribution is -0.141. The third-order valence-electron chi connectivity index (χ3n) is 11.8. The van der Waals surface area contributed by atoms with Crippen LogP contribution in [0, 0.1) is 0 Å². The summed E-state index contributed by atoms with van der Waals surface area (Å²) in [5, 5.41) is 0. The SMILES string of the molecule is COC(=O)CCOCCN(C)c1cc(COc2cc3c(cc2OC)C(=O)N2c4ccccc4C[C@H]2C=N3)cc(COc2cc3c(cc2OC)C(=O)N2c4ccccc4C[C@H]2C=N3)c1. The highest BCUT2D eigenvalue weighted by molar-refractivity contribution is 6.15. The van der Waals surface area contributed by atoms with Crippen molar-refractivity contribution >= 4 is 58.6 Å². The molecule has 0 aliphatic carbocycles. The largest absolute Gasteiger partial charge is 0.493 e. The minimum absolute atomic E-state index is 0.146. The predicted molar refractivity (Wildman–Crippen MR) is 240 cm³/mol. The fraction of sp³-hybridized carbons (Fsp3) is 0.286. The van der Waals surface area contributed by atoms with E-state index >= 15 is 0 Å². The van der Waals surface area contributed by atoms with E-state index in [-0.39, 0.29) is 56.1 Å². The first-order chi connectivity index (χ1) is 30.7. The van der Waals surface area contributed by atoms with Crippen molar-refractivity contribution in [3.63, 3.8) is 0 Å². The fourth-order valence-electron chi connectivity index (χ4n) is 8.52. The average Bonchev–Trinajstić information content (AvgIpc) is 3.80. The van der Waals surface area contributed by atoms with E-state index in [0.717, 1.165) is 39.3 Å². The molecule has 4 heterocycles. The molecular weight excluding hydrogens is 803 g/mol. The summed E-state index contributed by atoms with van der Waals surface area (Å²) in [6.07, 6.45) is 5.22. The first-order valence-corrected chi connectivity index (χ1v) is 20.8. The van der Waals surface area contributed by atoms with E-state index < -0.39 is 0 Å². The van der Waals surface area contributed by atoms with Gasteiger partial charge in [0.2, 0.25) is 0 Å². The number of carbonyl (C=O) groups excluding carboxylic acids is 3. The lowest BCUT2D eigenvalue weighted by Crippen LogP contribution is -2.37. The predicted octanol–water partition coefficient (Wildman–Crippen LogP) is 7.45. The maximum atomic E-state index is 14.0. The van der Waals surface area contributed by atoms with E-state index in [1.165, 1.54) is 7.11 Å². The molecule has 0 saturated carbocycles. The minimum atomic E-state index is -0.327. The Hall–Kier alpha value is -7.19. The van der Waals surface area contributed by atoms with Gasteiger partial charge in [0.15, 0.2) is 23.0 Å². The Labute approximate surface area is 365 Å². The lowest BCUT2D eigenvalue weighted by Gasteiger charge is -2.23. The molecule has 4 aliphatic rings. The zero-order valence-corrected chi connectivity index (χ0v) is 35.5. The van der Waals surface area contributed by atoms with Gasteiger partial charge in [0.05, 0.1) is 75.5 Å². The number of fused-ring (bicyclic) bond motifs is 8. The molecule has 0 saturated heterocycles. The third kappa shape index (κ3) is 8.17. The van der Waals surface area contributed by atoms with Gasteiger partial charge in [-0.2, -0.15) is 0 Å². The van der Waals surface area contributed by atoms with E-state index in [0.29, 0.717) is 71.5 Å². The van der Waals surface area contributed by atoms with Crippen LogP contribution >= 0.6 is 0 Å². The topological polar surface area (TPSA) is 141 Å². The zero-order chi connectivity index (χ0) is 43.6. The maximum absolute atomic E-state index is 14.0. The summed E-state index contributed by atoms with van der Waals surface area (Å²) in [6.45, 7) is 1.47. The normalized spacial score (nSPS) is 16.5. The number of aliphatic imine (C=N–C) groups is 2. The summed E-state index contributed by atoms with van der Waals surface area (Å²) in [5.74, 6) is 1.07. The summed E-state index contributed by atoms with van der Waals surface area (Å²) in [4.78, 5) is 54.7. The Morgan fingerprint density at radius 1 is 0.667 bits per heavy atom.